The maximum atomic E-state index is 13.4. The molecule has 0 bridgehead atoms. The van der Waals surface area contributed by atoms with Crippen LogP contribution in [0.25, 0.3) is 16.9 Å². The van der Waals surface area contributed by atoms with Gasteiger partial charge in [-0.05, 0) is 42.8 Å². The fourth-order valence-corrected chi connectivity index (χ4v) is 2.63. The largest absolute Gasteiger partial charge is 0.435 e. The summed E-state index contributed by atoms with van der Waals surface area (Å²) in [7, 11) is 0. The average Bonchev–Trinajstić information content (AvgIpc) is 3.01. The lowest BCUT2D eigenvalue weighted by Gasteiger charge is -2.10. The van der Waals surface area contributed by atoms with Crippen LogP contribution in [-0.2, 0) is 6.42 Å². The molecular formula is C18H14ClF3N2O. The van der Waals surface area contributed by atoms with Gasteiger partial charge >= 0.3 is 6.61 Å². The van der Waals surface area contributed by atoms with Crippen LogP contribution < -0.4 is 4.74 Å². The molecule has 2 aromatic carbocycles. The lowest BCUT2D eigenvalue weighted by molar-refractivity contribution is -0.0498. The minimum atomic E-state index is -2.90. The van der Waals surface area contributed by atoms with Crippen molar-refractivity contribution >= 4 is 11.6 Å². The van der Waals surface area contributed by atoms with E-state index in [2.05, 4.69) is 9.84 Å². The fourth-order valence-electron chi connectivity index (χ4n) is 2.45. The Kier molecular flexibility index (Phi) is 4.99. The molecule has 1 aromatic heterocycles. The van der Waals surface area contributed by atoms with E-state index >= 15 is 0 Å². The molecule has 25 heavy (non-hydrogen) atoms. The summed E-state index contributed by atoms with van der Waals surface area (Å²) >= 11 is 5.87. The summed E-state index contributed by atoms with van der Waals surface area (Å²) in [5, 5.41) is 4.46. The second kappa shape index (κ2) is 7.19. The number of ether oxygens (including phenoxy) is 1. The highest BCUT2D eigenvalue weighted by molar-refractivity contribution is 6.30. The predicted molar refractivity (Wildman–Crippen MR) is 90.0 cm³/mol. The predicted octanol–water partition coefficient (Wildman–Crippen LogP) is 5.50. The molecule has 0 saturated carbocycles. The average molecular weight is 367 g/mol. The van der Waals surface area contributed by atoms with Crippen LogP contribution in [0.3, 0.4) is 0 Å². The Morgan fingerprint density at radius 3 is 2.64 bits per heavy atom. The Labute approximate surface area is 147 Å². The van der Waals surface area contributed by atoms with Gasteiger partial charge in [-0.2, -0.15) is 13.9 Å². The van der Waals surface area contributed by atoms with E-state index in [9.17, 15) is 13.2 Å². The normalized spacial score (nSPS) is 11.1. The van der Waals surface area contributed by atoms with Crippen LogP contribution in [0.1, 0.15) is 12.6 Å². The highest BCUT2D eigenvalue weighted by atomic mass is 35.5. The zero-order chi connectivity index (χ0) is 18.0. The number of aromatic nitrogens is 2. The second-order valence-corrected chi connectivity index (χ2v) is 5.70. The number of halogens is 4. The molecule has 0 amide bonds. The van der Waals surface area contributed by atoms with Crippen LogP contribution >= 0.6 is 11.6 Å². The van der Waals surface area contributed by atoms with Gasteiger partial charge < -0.3 is 4.74 Å². The van der Waals surface area contributed by atoms with Crippen LogP contribution in [0.5, 0.6) is 5.75 Å². The molecule has 0 aliphatic rings. The van der Waals surface area contributed by atoms with E-state index < -0.39 is 12.4 Å². The molecule has 3 aromatic rings. The van der Waals surface area contributed by atoms with Crippen molar-refractivity contribution < 1.29 is 17.9 Å². The van der Waals surface area contributed by atoms with Crippen molar-refractivity contribution in [1.29, 1.82) is 0 Å². The SMILES string of the molecule is CCc1cc(-c2cccc(OC(F)F)c2)n(-c2ccc(F)c(Cl)c2)n1. The Hall–Kier alpha value is -2.47. The Morgan fingerprint density at radius 1 is 1.16 bits per heavy atom. The van der Waals surface area contributed by atoms with E-state index in [4.69, 9.17) is 11.6 Å². The molecule has 0 fully saturated rings. The molecule has 0 spiro atoms. The van der Waals surface area contributed by atoms with E-state index in [0.29, 0.717) is 23.4 Å². The first kappa shape index (κ1) is 17.4. The molecule has 0 atom stereocenters. The van der Waals surface area contributed by atoms with Gasteiger partial charge in [0.1, 0.15) is 11.6 Å². The number of hydrogen-bond donors (Lipinski definition) is 0. The second-order valence-electron chi connectivity index (χ2n) is 5.29. The van der Waals surface area contributed by atoms with Gasteiger partial charge in [0.25, 0.3) is 0 Å². The molecule has 0 aliphatic carbocycles. The van der Waals surface area contributed by atoms with Gasteiger partial charge in [-0.25, -0.2) is 9.07 Å². The summed E-state index contributed by atoms with van der Waals surface area (Å²) in [6, 6.07) is 12.5. The molecule has 3 rings (SSSR count). The number of nitrogens with zero attached hydrogens (tertiary/aromatic N) is 2. The summed E-state index contributed by atoms with van der Waals surface area (Å²) in [6.07, 6.45) is 0.683. The van der Waals surface area contributed by atoms with Gasteiger partial charge in [0.2, 0.25) is 0 Å². The topological polar surface area (TPSA) is 27.1 Å². The Morgan fingerprint density at radius 2 is 1.96 bits per heavy atom. The van der Waals surface area contributed by atoms with Crippen molar-refractivity contribution in [3.8, 4) is 22.7 Å². The third-order valence-electron chi connectivity index (χ3n) is 3.62. The van der Waals surface area contributed by atoms with Crippen molar-refractivity contribution in [3.63, 3.8) is 0 Å². The molecule has 0 saturated heterocycles. The first-order valence-corrected chi connectivity index (χ1v) is 7.95. The van der Waals surface area contributed by atoms with Crippen molar-refractivity contribution in [2.24, 2.45) is 0 Å². The summed E-state index contributed by atoms with van der Waals surface area (Å²) in [4.78, 5) is 0. The van der Waals surface area contributed by atoms with Crippen molar-refractivity contribution in [2.45, 2.75) is 20.0 Å². The van der Waals surface area contributed by atoms with Gasteiger partial charge in [-0.3, -0.25) is 0 Å². The summed E-state index contributed by atoms with van der Waals surface area (Å²) in [5.74, 6) is -0.474. The molecule has 7 heteroatoms. The first-order valence-electron chi connectivity index (χ1n) is 7.57. The molecule has 3 nitrogen and oxygen atoms in total. The Balaban J connectivity index is 2.10. The quantitative estimate of drug-likeness (QED) is 0.596. The lowest BCUT2D eigenvalue weighted by Crippen LogP contribution is -2.03. The van der Waals surface area contributed by atoms with Crippen molar-refractivity contribution in [1.82, 2.24) is 9.78 Å². The van der Waals surface area contributed by atoms with E-state index in [1.54, 1.807) is 22.9 Å². The van der Waals surface area contributed by atoms with E-state index in [-0.39, 0.29) is 10.8 Å². The molecule has 0 unspecified atom stereocenters. The van der Waals surface area contributed by atoms with Crippen LogP contribution in [0.15, 0.2) is 48.5 Å². The zero-order valence-corrected chi connectivity index (χ0v) is 14.0. The van der Waals surface area contributed by atoms with E-state index in [1.165, 1.54) is 24.3 Å². The number of alkyl halides is 2. The number of benzene rings is 2. The third kappa shape index (κ3) is 3.79. The molecule has 0 N–H and O–H groups in total. The summed E-state index contributed by atoms with van der Waals surface area (Å²) in [6.45, 7) is -0.952. The fraction of sp³-hybridized carbons (Fsp3) is 0.167. The van der Waals surface area contributed by atoms with Crippen LogP contribution in [0, 0.1) is 5.82 Å². The van der Waals surface area contributed by atoms with Gasteiger partial charge in [0, 0.05) is 5.56 Å². The van der Waals surface area contributed by atoms with Gasteiger partial charge in [0.05, 0.1) is 22.1 Å². The van der Waals surface area contributed by atoms with E-state index in [1.807, 2.05) is 13.0 Å². The van der Waals surface area contributed by atoms with Crippen LogP contribution in [0.2, 0.25) is 5.02 Å². The lowest BCUT2D eigenvalue weighted by atomic mass is 10.1. The molecular weight excluding hydrogens is 353 g/mol. The highest BCUT2D eigenvalue weighted by Gasteiger charge is 2.14. The van der Waals surface area contributed by atoms with Crippen LogP contribution in [0.4, 0.5) is 13.2 Å². The number of aryl methyl sites for hydroxylation is 1. The summed E-state index contributed by atoms with van der Waals surface area (Å²) < 4.78 is 44.4. The van der Waals surface area contributed by atoms with E-state index in [0.717, 1.165) is 5.69 Å². The minimum absolute atomic E-state index is 0.0215. The molecule has 0 radical (unpaired) electrons. The molecule has 1 heterocycles. The number of hydrogen-bond acceptors (Lipinski definition) is 2. The monoisotopic (exact) mass is 366 g/mol. The smallest absolute Gasteiger partial charge is 0.387 e. The van der Waals surface area contributed by atoms with Gasteiger partial charge in [-0.1, -0.05) is 30.7 Å². The third-order valence-corrected chi connectivity index (χ3v) is 3.91. The van der Waals surface area contributed by atoms with Crippen LogP contribution in [-0.4, -0.2) is 16.4 Å². The molecule has 130 valence electrons. The van der Waals surface area contributed by atoms with Gasteiger partial charge in [-0.15, -0.1) is 0 Å². The number of rotatable bonds is 5. The summed E-state index contributed by atoms with van der Waals surface area (Å²) in [5.41, 5.74) is 2.68. The first-order chi connectivity index (χ1) is 12.0. The highest BCUT2D eigenvalue weighted by Crippen LogP contribution is 2.29. The van der Waals surface area contributed by atoms with Gasteiger partial charge in [0.15, 0.2) is 0 Å². The maximum Gasteiger partial charge on any atom is 0.387 e. The Bertz CT molecular complexity index is 896. The van der Waals surface area contributed by atoms with Crippen molar-refractivity contribution in [3.05, 3.63) is 65.1 Å². The maximum absolute atomic E-state index is 13.4. The minimum Gasteiger partial charge on any atom is -0.435 e. The standard InChI is InChI=1S/C18H14ClF3N2O/c1-2-12-9-17(11-4-3-5-14(8-11)25-18(21)22)24(23-12)13-6-7-16(20)15(19)10-13/h3-10,18H,2H2,1H3. The van der Waals surface area contributed by atoms with Crippen molar-refractivity contribution in [2.75, 3.05) is 0 Å². The zero-order valence-electron chi connectivity index (χ0n) is 13.2. The molecule has 0 aliphatic heterocycles.